The fraction of sp³-hybridized carbons (Fsp3) is 1.00. The van der Waals surface area contributed by atoms with Crippen molar-refractivity contribution in [2.24, 2.45) is 0 Å². The molecule has 1 saturated heterocycles. The highest BCUT2D eigenvalue weighted by molar-refractivity contribution is 4.73. The van der Waals surface area contributed by atoms with E-state index in [0.29, 0.717) is 6.10 Å². The Hall–Kier alpha value is -0.160. The molecule has 0 aromatic rings. The molecule has 1 aliphatic rings. The summed E-state index contributed by atoms with van der Waals surface area (Å²) in [5.41, 5.74) is 0. The van der Waals surface area contributed by atoms with Gasteiger partial charge >= 0.3 is 0 Å². The maximum Gasteiger partial charge on any atom is 0.0829 e. The second-order valence-corrected chi connectivity index (χ2v) is 3.87. The monoisotopic (exact) mass is 202 g/mol. The molecule has 1 rings (SSSR count). The molecule has 84 valence electrons. The van der Waals surface area contributed by atoms with Gasteiger partial charge in [0.25, 0.3) is 0 Å². The van der Waals surface area contributed by atoms with E-state index in [1.54, 1.807) is 0 Å². The lowest BCUT2D eigenvalue weighted by molar-refractivity contribution is -0.0399. The average molecular weight is 202 g/mol. The van der Waals surface area contributed by atoms with Gasteiger partial charge in [0.15, 0.2) is 0 Å². The van der Waals surface area contributed by atoms with Crippen LogP contribution in [0.3, 0.4) is 0 Å². The number of aliphatic hydroxyl groups excluding tert-OH is 1. The van der Waals surface area contributed by atoms with Crippen LogP contribution in [0.5, 0.6) is 0 Å². The number of rotatable bonds is 5. The van der Waals surface area contributed by atoms with Crippen LogP contribution in [0.1, 0.15) is 6.92 Å². The second-order valence-electron chi connectivity index (χ2n) is 3.87. The van der Waals surface area contributed by atoms with Crippen LogP contribution in [0, 0.1) is 0 Å². The number of aliphatic hydroxyl groups is 1. The summed E-state index contributed by atoms with van der Waals surface area (Å²) in [7, 11) is 2.02. The Labute approximate surface area is 86.4 Å². The van der Waals surface area contributed by atoms with Crippen LogP contribution in [0.25, 0.3) is 0 Å². The molecule has 0 bridgehead atoms. The van der Waals surface area contributed by atoms with Gasteiger partial charge in [-0.05, 0) is 13.6 Å². The molecule has 0 aliphatic carbocycles. The maximum atomic E-state index is 8.77. The first-order chi connectivity index (χ1) is 6.76. The minimum atomic E-state index is 0.223. The topological polar surface area (TPSA) is 35.9 Å². The van der Waals surface area contributed by atoms with E-state index in [-0.39, 0.29) is 6.61 Å². The van der Waals surface area contributed by atoms with Crippen molar-refractivity contribution in [3.05, 3.63) is 0 Å². The largest absolute Gasteiger partial charge is 0.395 e. The summed E-state index contributed by atoms with van der Waals surface area (Å²) >= 11 is 0. The van der Waals surface area contributed by atoms with E-state index in [9.17, 15) is 0 Å². The van der Waals surface area contributed by atoms with Gasteiger partial charge in [-0.25, -0.2) is 0 Å². The van der Waals surface area contributed by atoms with E-state index in [0.717, 1.165) is 39.3 Å². The summed E-state index contributed by atoms with van der Waals surface area (Å²) in [5.74, 6) is 0. The van der Waals surface area contributed by atoms with E-state index < -0.39 is 0 Å². The third-order valence-corrected chi connectivity index (χ3v) is 2.67. The van der Waals surface area contributed by atoms with E-state index in [1.807, 2.05) is 7.05 Å². The minimum absolute atomic E-state index is 0.223. The van der Waals surface area contributed by atoms with Gasteiger partial charge in [-0.15, -0.1) is 0 Å². The van der Waals surface area contributed by atoms with Crippen LogP contribution in [0.2, 0.25) is 0 Å². The van der Waals surface area contributed by atoms with Crippen molar-refractivity contribution in [1.29, 1.82) is 0 Å². The lowest BCUT2D eigenvalue weighted by Gasteiger charge is -2.34. The fourth-order valence-electron chi connectivity index (χ4n) is 1.79. The first-order valence-electron chi connectivity index (χ1n) is 5.39. The molecule has 1 N–H and O–H groups in total. The maximum absolute atomic E-state index is 8.77. The Morgan fingerprint density at radius 3 is 3.00 bits per heavy atom. The molecule has 4 nitrogen and oxygen atoms in total. The number of likely N-dealkylation sites (N-methyl/N-ethyl adjacent to an activating group) is 2. The first kappa shape index (κ1) is 11.9. The molecule has 0 saturated carbocycles. The molecular formula is C10H22N2O2. The average Bonchev–Trinajstić information content (AvgIpc) is 2.18. The van der Waals surface area contributed by atoms with Crippen LogP contribution in [-0.2, 0) is 4.74 Å². The molecule has 1 fully saturated rings. The summed E-state index contributed by atoms with van der Waals surface area (Å²) in [6, 6.07) is 0. The predicted octanol–water partition coefficient (Wildman–Crippen LogP) is -0.369. The number of hydrogen-bond acceptors (Lipinski definition) is 4. The van der Waals surface area contributed by atoms with Gasteiger partial charge in [0.1, 0.15) is 0 Å². The standard InChI is InChI=1S/C10H22N2O2/c1-3-12-5-7-14-10(9-12)8-11(2)4-6-13/h10,13H,3-9H2,1-2H3. The van der Waals surface area contributed by atoms with Crippen LogP contribution >= 0.6 is 0 Å². The zero-order valence-electron chi connectivity index (χ0n) is 9.28. The molecule has 0 spiro atoms. The fourth-order valence-corrected chi connectivity index (χ4v) is 1.79. The lowest BCUT2D eigenvalue weighted by Crippen LogP contribution is -2.47. The summed E-state index contributed by atoms with van der Waals surface area (Å²) < 4.78 is 5.66. The van der Waals surface area contributed by atoms with Gasteiger partial charge in [0.2, 0.25) is 0 Å². The summed E-state index contributed by atoms with van der Waals surface area (Å²) in [6.07, 6.45) is 0.306. The zero-order valence-corrected chi connectivity index (χ0v) is 9.28. The number of nitrogens with zero attached hydrogens (tertiary/aromatic N) is 2. The van der Waals surface area contributed by atoms with Crippen molar-refractivity contribution in [2.45, 2.75) is 13.0 Å². The molecule has 1 aliphatic heterocycles. The smallest absolute Gasteiger partial charge is 0.0829 e. The third-order valence-electron chi connectivity index (χ3n) is 2.67. The Morgan fingerprint density at radius 2 is 2.36 bits per heavy atom. The van der Waals surface area contributed by atoms with Gasteiger partial charge in [0.05, 0.1) is 19.3 Å². The molecule has 4 heteroatoms. The highest BCUT2D eigenvalue weighted by Crippen LogP contribution is 2.05. The molecule has 14 heavy (non-hydrogen) atoms. The Balaban J connectivity index is 2.22. The molecule has 1 atom stereocenters. The molecule has 1 unspecified atom stereocenters. The van der Waals surface area contributed by atoms with Crippen molar-refractivity contribution < 1.29 is 9.84 Å². The quantitative estimate of drug-likeness (QED) is 0.660. The van der Waals surface area contributed by atoms with Gasteiger partial charge in [-0.3, -0.25) is 4.90 Å². The minimum Gasteiger partial charge on any atom is -0.395 e. The molecule has 0 aromatic carbocycles. The van der Waals surface area contributed by atoms with Crippen LogP contribution in [0.4, 0.5) is 0 Å². The molecule has 0 radical (unpaired) electrons. The van der Waals surface area contributed by atoms with Crippen molar-refractivity contribution in [3.63, 3.8) is 0 Å². The SMILES string of the molecule is CCN1CCOC(CN(C)CCO)C1. The van der Waals surface area contributed by atoms with Crippen molar-refractivity contribution >= 4 is 0 Å². The number of ether oxygens (including phenoxy) is 1. The first-order valence-corrected chi connectivity index (χ1v) is 5.39. The third kappa shape index (κ3) is 3.92. The Kier molecular flexibility index (Phi) is 5.40. The van der Waals surface area contributed by atoms with Gasteiger partial charge in [-0.1, -0.05) is 6.92 Å². The van der Waals surface area contributed by atoms with Crippen molar-refractivity contribution in [1.82, 2.24) is 9.80 Å². The van der Waals surface area contributed by atoms with Crippen molar-refractivity contribution in [2.75, 3.05) is 53.0 Å². The predicted molar refractivity (Wildman–Crippen MR) is 56.4 cm³/mol. The van der Waals surface area contributed by atoms with Gasteiger partial charge in [-0.2, -0.15) is 0 Å². The molecule has 0 aromatic heterocycles. The lowest BCUT2D eigenvalue weighted by atomic mass is 10.2. The van der Waals surface area contributed by atoms with Gasteiger partial charge < -0.3 is 14.7 Å². The summed E-state index contributed by atoms with van der Waals surface area (Å²) in [6.45, 7) is 8.06. The second kappa shape index (κ2) is 6.35. The van der Waals surface area contributed by atoms with Crippen molar-refractivity contribution in [3.8, 4) is 0 Å². The Bertz CT molecular complexity index is 155. The normalized spacial score (nSPS) is 24.4. The van der Waals surface area contributed by atoms with E-state index >= 15 is 0 Å². The van der Waals surface area contributed by atoms with E-state index in [4.69, 9.17) is 9.84 Å². The summed E-state index contributed by atoms with van der Waals surface area (Å²) in [4.78, 5) is 4.52. The van der Waals surface area contributed by atoms with Crippen LogP contribution < -0.4 is 0 Å². The zero-order chi connectivity index (χ0) is 10.4. The van der Waals surface area contributed by atoms with E-state index in [1.165, 1.54) is 0 Å². The summed E-state index contributed by atoms with van der Waals surface area (Å²) in [5, 5.41) is 8.77. The highest BCUT2D eigenvalue weighted by atomic mass is 16.5. The number of hydrogen-bond donors (Lipinski definition) is 1. The highest BCUT2D eigenvalue weighted by Gasteiger charge is 2.20. The van der Waals surface area contributed by atoms with Crippen LogP contribution in [0.15, 0.2) is 0 Å². The van der Waals surface area contributed by atoms with E-state index in [2.05, 4.69) is 16.7 Å². The van der Waals surface area contributed by atoms with Gasteiger partial charge in [0, 0.05) is 26.2 Å². The van der Waals surface area contributed by atoms with Crippen LogP contribution in [-0.4, -0.2) is 74.0 Å². The molecule has 0 amide bonds. The Morgan fingerprint density at radius 1 is 1.57 bits per heavy atom. The molecular weight excluding hydrogens is 180 g/mol. The molecule has 1 heterocycles. The number of morpholine rings is 1.